The molecule has 2 aliphatic heterocycles. The van der Waals surface area contributed by atoms with Crippen LogP contribution in [0.25, 0.3) is 0 Å². The minimum atomic E-state index is -0.324. The number of carbonyl (C=O) groups is 1. The zero-order chi connectivity index (χ0) is 19.5. The molecule has 1 amide bonds. The molecule has 0 aliphatic carbocycles. The van der Waals surface area contributed by atoms with Gasteiger partial charge < -0.3 is 25.4 Å². The molecular weight excluding hydrogens is 354 g/mol. The molecule has 0 saturated carbocycles. The first kappa shape index (κ1) is 18.2. The first-order chi connectivity index (χ1) is 13.7. The average molecular weight is 379 g/mol. The van der Waals surface area contributed by atoms with Crippen LogP contribution in [-0.2, 0) is 4.79 Å². The van der Waals surface area contributed by atoms with Gasteiger partial charge in [-0.05, 0) is 37.6 Å². The maximum atomic E-state index is 12.7. The SMILES string of the molecule is CCCOc1ccc(C2Nc3ccccc3NC3=C2C(=O)NC3)c(OCC)c1. The van der Waals surface area contributed by atoms with Gasteiger partial charge in [-0.3, -0.25) is 4.79 Å². The van der Waals surface area contributed by atoms with E-state index in [9.17, 15) is 4.79 Å². The van der Waals surface area contributed by atoms with Crippen molar-refractivity contribution in [1.82, 2.24) is 5.32 Å². The molecule has 4 rings (SSSR count). The van der Waals surface area contributed by atoms with Gasteiger partial charge >= 0.3 is 0 Å². The largest absolute Gasteiger partial charge is 0.493 e. The van der Waals surface area contributed by atoms with Crippen LogP contribution in [0.3, 0.4) is 0 Å². The maximum absolute atomic E-state index is 12.7. The number of anilines is 2. The molecule has 3 N–H and O–H groups in total. The minimum absolute atomic E-state index is 0.0680. The van der Waals surface area contributed by atoms with Crippen LogP contribution in [0, 0.1) is 0 Å². The minimum Gasteiger partial charge on any atom is -0.493 e. The van der Waals surface area contributed by atoms with Gasteiger partial charge in [0.05, 0.1) is 42.7 Å². The van der Waals surface area contributed by atoms with Crippen molar-refractivity contribution < 1.29 is 14.3 Å². The van der Waals surface area contributed by atoms with Crippen molar-refractivity contribution in [2.24, 2.45) is 0 Å². The van der Waals surface area contributed by atoms with E-state index in [-0.39, 0.29) is 11.9 Å². The van der Waals surface area contributed by atoms with Gasteiger partial charge in [0.15, 0.2) is 0 Å². The molecule has 0 saturated heterocycles. The van der Waals surface area contributed by atoms with E-state index in [1.165, 1.54) is 0 Å². The fourth-order valence-corrected chi connectivity index (χ4v) is 3.60. The number of para-hydroxylation sites is 2. The number of fused-ring (bicyclic) bond motifs is 1. The molecule has 0 fully saturated rings. The first-order valence-electron chi connectivity index (χ1n) is 9.74. The summed E-state index contributed by atoms with van der Waals surface area (Å²) in [5.74, 6) is 1.42. The Labute approximate surface area is 164 Å². The molecule has 1 unspecified atom stereocenters. The number of nitrogens with one attached hydrogen (secondary N) is 3. The molecule has 1 atom stereocenters. The monoisotopic (exact) mass is 379 g/mol. The summed E-state index contributed by atoms with van der Waals surface area (Å²) in [7, 11) is 0. The summed E-state index contributed by atoms with van der Waals surface area (Å²) in [6.07, 6.45) is 0.939. The third-order valence-corrected chi connectivity index (χ3v) is 4.87. The fraction of sp³-hybridized carbons (Fsp3) is 0.318. The van der Waals surface area contributed by atoms with Crippen molar-refractivity contribution in [2.45, 2.75) is 26.3 Å². The van der Waals surface area contributed by atoms with Gasteiger partial charge in [-0.2, -0.15) is 0 Å². The lowest BCUT2D eigenvalue weighted by Gasteiger charge is -2.23. The second-order valence-corrected chi connectivity index (χ2v) is 6.80. The Morgan fingerprint density at radius 1 is 1.07 bits per heavy atom. The van der Waals surface area contributed by atoms with Crippen molar-refractivity contribution in [3.63, 3.8) is 0 Å². The second-order valence-electron chi connectivity index (χ2n) is 6.80. The van der Waals surface area contributed by atoms with Gasteiger partial charge in [-0.25, -0.2) is 0 Å². The molecule has 0 radical (unpaired) electrons. The van der Waals surface area contributed by atoms with Crippen LogP contribution >= 0.6 is 0 Å². The quantitative estimate of drug-likeness (QED) is 0.711. The standard InChI is InChI=1S/C22H25N3O3/c1-3-11-28-14-9-10-15(19(12-14)27-4-2)21-20-18(13-23-22(20)26)24-16-7-5-6-8-17(16)25-21/h5-10,12,21,24-25H,3-4,11,13H2,1-2H3,(H,23,26). The van der Waals surface area contributed by atoms with Gasteiger partial charge in [0.2, 0.25) is 0 Å². The molecule has 2 heterocycles. The molecule has 0 aromatic heterocycles. The zero-order valence-corrected chi connectivity index (χ0v) is 16.2. The van der Waals surface area contributed by atoms with Crippen LogP contribution in [0.1, 0.15) is 31.9 Å². The smallest absolute Gasteiger partial charge is 0.251 e. The lowest BCUT2D eigenvalue weighted by molar-refractivity contribution is -0.116. The number of rotatable bonds is 6. The maximum Gasteiger partial charge on any atom is 0.251 e. The molecule has 2 aromatic carbocycles. The summed E-state index contributed by atoms with van der Waals surface area (Å²) in [4.78, 5) is 12.7. The number of amides is 1. The Hall–Kier alpha value is -3.15. The molecule has 0 bridgehead atoms. The molecule has 28 heavy (non-hydrogen) atoms. The normalized spacial score (nSPS) is 17.6. The predicted molar refractivity (Wildman–Crippen MR) is 110 cm³/mol. The van der Waals surface area contributed by atoms with Gasteiger partial charge in [0.1, 0.15) is 11.5 Å². The lowest BCUT2D eigenvalue weighted by Crippen LogP contribution is -2.24. The van der Waals surface area contributed by atoms with E-state index in [0.29, 0.717) is 25.3 Å². The Morgan fingerprint density at radius 3 is 2.68 bits per heavy atom. The van der Waals surface area contributed by atoms with E-state index in [1.807, 2.05) is 49.4 Å². The van der Waals surface area contributed by atoms with Gasteiger partial charge in [0, 0.05) is 17.3 Å². The zero-order valence-electron chi connectivity index (χ0n) is 16.2. The van der Waals surface area contributed by atoms with Crippen molar-refractivity contribution in [2.75, 3.05) is 30.4 Å². The molecule has 0 spiro atoms. The Morgan fingerprint density at radius 2 is 1.89 bits per heavy atom. The number of carbonyl (C=O) groups excluding carboxylic acids is 1. The number of benzene rings is 2. The number of ether oxygens (including phenoxy) is 2. The number of hydrogen-bond donors (Lipinski definition) is 3. The van der Waals surface area contributed by atoms with Crippen molar-refractivity contribution in [3.05, 3.63) is 59.3 Å². The van der Waals surface area contributed by atoms with E-state index in [2.05, 4.69) is 22.9 Å². The summed E-state index contributed by atoms with van der Waals surface area (Å²) >= 11 is 0. The van der Waals surface area contributed by atoms with Crippen LogP contribution < -0.4 is 25.4 Å². The van der Waals surface area contributed by atoms with Gasteiger partial charge in [-0.15, -0.1) is 0 Å². The summed E-state index contributed by atoms with van der Waals surface area (Å²) in [6, 6.07) is 13.5. The molecule has 6 heteroatoms. The topological polar surface area (TPSA) is 71.6 Å². The van der Waals surface area contributed by atoms with E-state index in [1.54, 1.807) is 0 Å². The highest BCUT2D eigenvalue weighted by Crippen LogP contribution is 2.41. The molecule has 2 aliphatic rings. The highest BCUT2D eigenvalue weighted by Gasteiger charge is 2.35. The fourth-order valence-electron chi connectivity index (χ4n) is 3.60. The Balaban J connectivity index is 1.79. The first-order valence-corrected chi connectivity index (χ1v) is 9.74. The van der Waals surface area contributed by atoms with Crippen LogP contribution in [0.4, 0.5) is 11.4 Å². The van der Waals surface area contributed by atoms with E-state index < -0.39 is 0 Å². The Bertz CT molecular complexity index is 923. The van der Waals surface area contributed by atoms with Crippen LogP contribution in [0.5, 0.6) is 11.5 Å². The summed E-state index contributed by atoms with van der Waals surface area (Å²) < 4.78 is 11.7. The van der Waals surface area contributed by atoms with Crippen molar-refractivity contribution in [1.29, 1.82) is 0 Å². The van der Waals surface area contributed by atoms with E-state index in [0.717, 1.165) is 40.6 Å². The third kappa shape index (κ3) is 3.38. The van der Waals surface area contributed by atoms with Crippen LogP contribution in [0.15, 0.2) is 53.7 Å². The van der Waals surface area contributed by atoms with Crippen LogP contribution in [-0.4, -0.2) is 25.7 Å². The van der Waals surface area contributed by atoms with Crippen molar-refractivity contribution >= 4 is 17.3 Å². The Kier molecular flexibility index (Phi) is 5.10. The van der Waals surface area contributed by atoms with Gasteiger partial charge in [0.25, 0.3) is 5.91 Å². The predicted octanol–water partition coefficient (Wildman–Crippen LogP) is 3.84. The van der Waals surface area contributed by atoms with Crippen LogP contribution in [0.2, 0.25) is 0 Å². The van der Waals surface area contributed by atoms with Gasteiger partial charge in [-0.1, -0.05) is 19.1 Å². The second kappa shape index (κ2) is 7.84. The number of hydrogen-bond acceptors (Lipinski definition) is 5. The molecule has 146 valence electrons. The van der Waals surface area contributed by atoms with E-state index in [4.69, 9.17) is 9.47 Å². The molecular formula is C22H25N3O3. The molecule has 6 nitrogen and oxygen atoms in total. The highest BCUT2D eigenvalue weighted by atomic mass is 16.5. The lowest BCUT2D eigenvalue weighted by atomic mass is 9.96. The summed E-state index contributed by atoms with van der Waals surface area (Å²) in [5, 5.41) is 9.88. The summed E-state index contributed by atoms with van der Waals surface area (Å²) in [5.41, 5.74) is 4.40. The molecule has 2 aromatic rings. The average Bonchev–Trinajstić information content (AvgIpc) is 2.97. The summed E-state index contributed by atoms with van der Waals surface area (Å²) in [6.45, 7) is 5.70. The third-order valence-electron chi connectivity index (χ3n) is 4.87. The van der Waals surface area contributed by atoms with E-state index >= 15 is 0 Å². The highest BCUT2D eigenvalue weighted by molar-refractivity contribution is 6.01. The van der Waals surface area contributed by atoms with Crippen molar-refractivity contribution in [3.8, 4) is 11.5 Å².